The van der Waals surface area contributed by atoms with Crippen LogP contribution in [0.4, 0.5) is 17.6 Å². The molecule has 2 atom stereocenters. The van der Waals surface area contributed by atoms with Gasteiger partial charge >= 0.3 is 0 Å². The lowest BCUT2D eigenvalue weighted by Gasteiger charge is -2.14. The summed E-state index contributed by atoms with van der Waals surface area (Å²) in [4.78, 5) is 0. The van der Waals surface area contributed by atoms with E-state index in [0.29, 0.717) is 6.42 Å². The van der Waals surface area contributed by atoms with E-state index in [2.05, 4.69) is 5.10 Å². The van der Waals surface area contributed by atoms with Crippen LogP contribution < -0.4 is 0 Å². The van der Waals surface area contributed by atoms with Crippen LogP contribution in [0.25, 0.3) is 0 Å². The first kappa shape index (κ1) is 10.1. The lowest BCUT2D eigenvalue weighted by Crippen LogP contribution is -2.19. The zero-order valence-electron chi connectivity index (χ0n) is 8.55. The summed E-state index contributed by atoms with van der Waals surface area (Å²) in [6, 6.07) is 0. The summed E-state index contributed by atoms with van der Waals surface area (Å²) in [5.41, 5.74) is -0.597. The topological polar surface area (TPSA) is 17.8 Å². The number of aromatic nitrogens is 2. The van der Waals surface area contributed by atoms with Crippen molar-refractivity contribution < 1.29 is 17.6 Å². The number of rotatable bonds is 2. The molecule has 0 aromatic carbocycles. The lowest BCUT2D eigenvalue weighted by molar-refractivity contribution is -0.0309. The van der Waals surface area contributed by atoms with E-state index in [1.165, 1.54) is 0 Å². The van der Waals surface area contributed by atoms with Gasteiger partial charge in [0.1, 0.15) is 11.4 Å². The SMILES string of the molecule is CCn1nc(C(F)F)c2c1C(F)(F)C1C[C@H]21. The monoisotopic (exact) mass is 234 g/mol. The molecule has 0 N–H and O–H groups in total. The smallest absolute Gasteiger partial charge is 0.263 e. The van der Waals surface area contributed by atoms with Crippen LogP contribution in [0.1, 0.15) is 42.6 Å². The van der Waals surface area contributed by atoms with Gasteiger partial charge in [-0.15, -0.1) is 0 Å². The minimum absolute atomic E-state index is 0.117. The summed E-state index contributed by atoms with van der Waals surface area (Å²) in [6.07, 6.45) is -2.45. The third-order valence-electron chi connectivity index (χ3n) is 3.47. The quantitative estimate of drug-likeness (QED) is 0.719. The Hall–Kier alpha value is -1.07. The van der Waals surface area contributed by atoms with E-state index in [1.807, 2.05) is 0 Å². The summed E-state index contributed by atoms with van der Waals surface area (Å²) >= 11 is 0. The predicted molar refractivity (Wildman–Crippen MR) is 47.6 cm³/mol. The molecule has 1 unspecified atom stereocenters. The summed E-state index contributed by atoms with van der Waals surface area (Å²) in [7, 11) is 0. The molecular formula is C10H10F4N2. The number of fused-ring (bicyclic) bond motifs is 3. The maximum absolute atomic E-state index is 13.8. The van der Waals surface area contributed by atoms with Gasteiger partial charge in [0, 0.05) is 18.0 Å². The number of alkyl halides is 4. The van der Waals surface area contributed by atoms with Crippen molar-refractivity contribution in [2.45, 2.75) is 38.2 Å². The summed E-state index contributed by atoms with van der Waals surface area (Å²) in [6.45, 7) is 1.83. The van der Waals surface area contributed by atoms with E-state index in [9.17, 15) is 17.6 Å². The van der Waals surface area contributed by atoms with E-state index in [-0.39, 0.29) is 17.8 Å². The summed E-state index contributed by atoms with van der Waals surface area (Å²) < 4.78 is 54.0. The second kappa shape index (κ2) is 2.78. The molecule has 1 fully saturated rings. The van der Waals surface area contributed by atoms with E-state index < -0.39 is 29.9 Å². The Labute approximate surface area is 89.2 Å². The van der Waals surface area contributed by atoms with Crippen LogP contribution in [0.15, 0.2) is 0 Å². The Morgan fingerprint density at radius 2 is 2.19 bits per heavy atom. The summed E-state index contributed by atoms with van der Waals surface area (Å²) in [5.74, 6) is -4.14. The zero-order valence-corrected chi connectivity index (χ0v) is 8.55. The van der Waals surface area contributed by atoms with E-state index >= 15 is 0 Å². The minimum Gasteiger partial charge on any atom is -0.263 e. The van der Waals surface area contributed by atoms with Gasteiger partial charge in [-0.2, -0.15) is 13.9 Å². The molecule has 1 heterocycles. The fraction of sp³-hybridized carbons (Fsp3) is 0.700. The molecule has 0 amide bonds. The molecule has 0 saturated heterocycles. The van der Waals surface area contributed by atoms with Crippen LogP contribution >= 0.6 is 0 Å². The Kier molecular flexibility index (Phi) is 1.76. The molecule has 3 rings (SSSR count). The molecule has 0 bridgehead atoms. The molecule has 0 aliphatic heterocycles. The first-order valence-corrected chi connectivity index (χ1v) is 5.25. The van der Waals surface area contributed by atoms with Crippen molar-refractivity contribution >= 4 is 0 Å². The van der Waals surface area contributed by atoms with Crippen molar-refractivity contribution in [3.63, 3.8) is 0 Å². The molecule has 1 saturated carbocycles. The first-order valence-electron chi connectivity index (χ1n) is 5.25. The van der Waals surface area contributed by atoms with Crippen molar-refractivity contribution in [1.82, 2.24) is 9.78 Å². The van der Waals surface area contributed by atoms with Crippen LogP contribution in [0.2, 0.25) is 0 Å². The second-order valence-corrected chi connectivity index (χ2v) is 4.34. The lowest BCUT2D eigenvalue weighted by atomic mass is 10.1. The maximum atomic E-state index is 13.8. The molecule has 0 radical (unpaired) electrons. The molecule has 2 aliphatic rings. The molecule has 0 spiro atoms. The predicted octanol–water partition coefficient (Wildman–Crippen LogP) is 3.05. The number of hydrogen-bond acceptors (Lipinski definition) is 1. The zero-order chi connectivity index (χ0) is 11.7. The van der Waals surface area contributed by atoms with Crippen LogP contribution in [-0.4, -0.2) is 9.78 Å². The van der Waals surface area contributed by atoms with Gasteiger partial charge in [0.2, 0.25) is 0 Å². The van der Waals surface area contributed by atoms with Gasteiger partial charge in [0.15, 0.2) is 0 Å². The highest BCUT2D eigenvalue weighted by molar-refractivity contribution is 5.46. The fourth-order valence-corrected chi connectivity index (χ4v) is 2.69. The molecule has 1 aromatic heterocycles. The maximum Gasteiger partial charge on any atom is 0.293 e. The van der Waals surface area contributed by atoms with Crippen LogP contribution in [0, 0.1) is 5.92 Å². The number of hydrogen-bond donors (Lipinski definition) is 0. The van der Waals surface area contributed by atoms with Crippen LogP contribution in [-0.2, 0) is 12.5 Å². The minimum atomic E-state index is -2.98. The molecule has 2 nitrogen and oxygen atoms in total. The molecular weight excluding hydrogens is 224 g/mol. The Balaban J connectivity index is 2.22. The van der Waals surface area contributed by atoms with Crippen molar-refractivity contribution in [2.75, 3.05) is 0 Å². The van der Waals surface area contributed by atoms with E-state index in [1.54, 1.807) is 6.92 Å². The van der Waals surface area contributed by atoms with Crippen molar-refractivity contribution in [1.29, 1.82) is 0 Å². The average Bonchev–Trinajstić information content (AvgIpc) is 2.85. The van der Waals surface area contributed by atoms with Crippen LogP contribution in [0.3, 0.4) is 0 Å². The molecule has 2 aliphatic carbocycles. The van der Waals surface area contributed by atoms with Crippen molar-refractivity contribution in [2.24, 2.45) is 5.92 Å². The molecule has 16 heavy (non-hydrogen) atoms. The Morgan fingerprint density at radius 1 is 1.50 bits per heavy atom. The standard InChI is InChI=1S/C10H10F4N2/c1-2-16-8-6(7(15-16)9(11)12)4-3-5(4)10(8,13)14/h4-5,9H,2-3H2,1H3/t4-,5?/m0/s1. The van der Waals surface area contributed by atoms with Gasteiger partial charge in [0.25, 0.3) is 12.3 Å². The van der Waals surface area contributed by atoms with E-state index in [4.69, 9.17) is 0 Å². The van der Waals surface area contributed by atoms with Gasteiger partial charge in [0.05, 0.1) is 0 Å². The Morgan fingerprint density at radius 3 is 2.75 bits per heavy atom. The van der Waals surface area contributed by atoms with Crippen LogP contribution in [0.5, 0.6) is 0 Å². The van der Waals surface area contributed by atoms with Gasteiger partial charge in [-0.1, -0.05) is 0 Å². The van der Waals surface area contributed by atoms with Gasteiger partial charge in [-0.25, -0.2) is 8.78 Å². The highest BCUT2D eigenvalue weighted by Crippen LogP contribution is 2.68. The van der Waals surface area contributed by atoms with Gasteiger partial charge in [-0.3, -0.25) is 4.68 Å². The molecule has 6 heteroatoms. The van der Waals surface area contributed by atoms with E-state index in [0.717, 1.165) is 4.68 Å². The fourth-order valence-electron chi connectivity index (χ4n) is 2.69. The highest BCUT2D eigenvalue weighted by Gasteiger charge is 2.67. The first-order chi connectivity index (χ1) is 7.48. The highest BCUT2D eigenvalue weighted by atomic mass is 19.3. The average molecular weight is 234 g/mol. The number of halogens is 4. The number of nitrogens with zero attached hydrogens (tertiary/aromatic N) is 2. The third-order valence-corrected chi connectivity index (χ3v) is 3.47. The molecule has 88 valence electrons. The molecule has 1 aromatic rings. The largest absolute Gasteiger partial charge is 0.293 e. The number of aryl methyl sites for hydroxylation is 1. The normalized spacial score (nSPS) is 29.4. The third kappa shape index (κ3) is 0.999. The van der Waals surface area contributed by atoms with Gasteiger partial charge < -0.3 is 0 Å². The second-order valence-electron chi connectivity index (χ2n) is 4.34. The Bertz CT molecular complexity index is 452. The summed E-state index contributed by atoms with van der Waals surface area (Å²) in [5, 5.41) is 3.61. The van der Waals surface area contributed by atoms with Gasteiger partial charge in [-0.05, 0) is 19.3 Å². The van der Waals surface area contributed by atoms with Crippen molar-refractivity contribution in [3.05, 3.63) is 17.0 Å². The van der Waals surface area contributed by atoms with Crippen molar-refractivity contribution in [3.8, 4) is 0 Å².